The van der Waals surface area contributed by atoms with Crippen LogP contribution in [0, 0.1) is 11.7 Å². The first-order valence-electron chi connectivity index (χ1n) is 4.94. The molecule has 1 atom stereocenters. The molecule has 1 aliphatic rings. The molecule has 0 aromatic heterocycles. The summed E-state index contributed by atoms with van der Waals surface area (Å²) < 4.78 is 14.2. The van der Waals surface area contributed by atoms with E-state index in [2.05, 4.69) is 15.9 Å². The maximum absolute atomic E-state index is 13.6. The maximum atomic E-state index is 13.6. The van der Waals surface area contributed by atoms with E-state index in [1.54, 1.807) is 12.1 Å². The summed E-state index contributed by atoms with van der Waals surface area (Å²) >= 11 is 8.98. The number of carbonyl (C=O) groups is 1. The van der Waals surface area contributed by atoms with Gasteiger partial charge in [0.15, 0.2) is 0 Å². The van der Waals surface area contributed by atoms with Gasteiger partial charge < -0.3 is 4.90 Å². The average molecular weight is 307 g/mol. The Kier molecular flexibility index (Phi) is 3.50. The molecule has 86 valence electrons. The zero-order chi connectivity index (χ0) is 11.7. The van der Waals surface area contributed by atoms with Gasteiger partial charge in [-0.05, 0) is 34.0 Å². The molecule has 2 nitrogen and oxygen atoms in total. The van der Waals surface area contributed by atoms with Gasteiger partial charge in [-0.25, -0.2) is 4.39 Å². The van der Waals surface area contributed by atoms with E-state index in [9.17, 15) is 9.18 Å². The normalized spacial score (nSPS) is 20.6. The molecule has 5 heteroatoms. The fourth-order valence-corrected chi connectivity index (χ4v) is 2.61. The first-order chi connectivity index (χ1) is 7.63. The molecule has 1 saturated heterocycles. The second-order valence-electron chi connectivity index (χ2n) is 3.80. The van der Waals surface area contributed by atoms with Crippen molar-refractivity contribution in [3.05, 3.63) is 28.5 Å². The van der Waals surface area contributed by atoms with Crippen LogP contribution in [0.5, 0.6) is 0 Å². The Bertz CT molecular complexity index is 406. The molecule has 1 aliphatic heterocycles. The highest BCUT2D eigenvalue weighted by atomic mass is 79.9. The van der Waals surface area contributed by atoms with Crippen LogP contribution in [-0.2, 0) is 4.79 Å². The van der Waals surface area contributed by atoms with Crippen LogP contribution < -0.4 is 4.90 Å². The van der Waals surface area contributed by atoms with Crippen molar-refractivity contribution in [2.45, 2.75) is 6.42 Å². The van der Waals surface area contributed by atoms with Crippen molar-refractivity contribution in [2.75, 3.05) is 17.3 Å². The third-order valence-corrected chi connectivity index (χ3v) is 3.71. The molecule has 0 aliphatic carbocycles. The zero-order valence-corrected chi connectivity index (χ0v) is 10.8. The smallest absolute Gasteiger partial charge is 0.227 e. The lowest BCUT2D eigenvalue weighted by Gasteiger charge is -2.18. The molecule has 1 aromatic carbocycles. The van der Waals surface area contributed by atoms with Crippen LogP contribution >= 0.6 is 27.5 Å². The van der Waals surface area contributed by atoms with E-state index < -0.39 is 5.82 Å². The van der Waals surface area contributed by atoms with Gasteiger partial charge in [0, 0.05) is 23.3 Å². The number of anilines is 1. The summed E-state index contributed by atoms with van der Waals surface area (Å²) in [6, 6.07) is 4.67. The molecule has 1 amide bonds. The summed E-state index contributed by atoms with van der Waals surface area (Å²) in [5.74, 6) is 0.0731. The van der Waals surface area contributed by atoms with Gasteiger partial charge >= 0.3 is 0 Å². The lowest BCUT2D eigenvalue weighted by molar-refractivity contribution is -0.117. The average Bonchev–Trinajstić information content (AvgIpc) is 2.60. The number of alkyl halides is 1. The Balaban J connectivity index is 2.35. The summed E-state index contributed by atoms with van der Waals surface area (Å²) in [4.78, 5) is 13.2. The van der Waals surface area contributed by atoms with Crippen molar-refractivity contribution in [1.29, 1.82) is 0 Å². The van der Waals surface area contributed by atoms with Crippen molar-refractivity contribution < 1.29 is 9.18 Å². The standard InChI is InChI=1S/C11H10BrClFNO/c12-8-2-1-3-9(14)11(8)15-6-7(5-13)4-10(15)16/h1-3,7H,4-6H2. The first-order valence-corrected chi connectivity index (χ1v) is 6.26. The molecule has 0 radical (unpaired) electrons. The number of benzene rings is 1. The molecule has 2 rings (SSSR count). The molecule has 1 aromatic rings. The third kappa shape index (κ3) is 2.09. The number of para-hydroxylation sites is 1. The van der Waals surface area contributed by atoms with Crippen molar-refractivity contribution in [3.63, 3.8) is 0 Å². The van der Waals surface area contributed by atoms with Gasteiger partial charge in [-0.15, -0.1) is 11.6 Å². The molecule has 1 unspecified atom stereocenters. The van der Waals surface area contributed by atoms with E-state index in [1.807, 2.05) is 0 Å². The minimum Gasteiger partial charge on any atom is -0.308 e. The monoisotopic (exact) mass is 305 g/mol. The highest BCUT2D eigenvalue weighted by Crippen LogP contribution is 2.33. The van der Waals surface area contributed by atoms with Gasteiger partial charge in [0.25, 0.3) is 0 Å². The Hall–Kier alpha value is -0.610. The molecular weight excluding hydrogens is 296 g/mol. The largest absolute Gasteiger partial charge is 0.308 e. The number of hydrogen-bond donors (Lipinski definition) is 0. The number of amides is 1. The molecule has 0 spiro atoms. The van der Waals surface area contributed by atoms with E-state index in [0.717, 1.165) is 0 Å². The minimum atomic E-state index is -0.391. The predicted octanol–water partition coefficient (Wildman–Crippen LogP) is 3.18. The molecule has 1 fully saturated rings. The molecule has 0 bridgehead atoms. The zero-order valence-electron chi connectivity index (χ0n) is 8.42. The van der Waals surface area contributed by atoms with Gasteiger partial charge in [-0.2, -0.15) is 0 Å². The van der Waals surface area contributed by atoms with Crippen molar-refractivity contribution in [3.8, 4) is 0 Å². The minimum absolute atomic E-state index is 0.0727. The number of hydrogen-bond acceptors (Lipinski definition) is 1. The van der Waals surface area contributed by atoms with Crippen molar-refractivity contribution in [1.82, 2.24) is 0 Å². The second-order valence-corrected chi connectivity index (χ2v) is 4.96. The second kappa shape index (κ2) is 4.72. The first kappa shape index (κ1) is 11.9. The molecule has 16 heavy (non-hydrogen) atoms. The molecule has 1 heterocycles. The van der Waals surface area contributed by atoms with Crippen molar-refractivity contribution >= 4 is 39.1 Å². The molecular formula is C11H10BrClFNO. The highest BCUT2D eigenvalue weighted by Gasteiger charge is 2.32. The van der Waals surface area contributed by atoms with Crippen LogP contribution in [0.3, 0.4) is 0 Å². The summed E-state index contributed by atoms with van der Waals surface area (Å²) in [5.41, 5.74) is 0.320. The van der Waals surface area contributed by atoms with Gasteiger partial charge in [0.2, 0.25) is 5.91 Å². The quantitative estimate of drug-likeness (QED) is 0.769. The van der Waals surface area contributed by atoms with E-state index in [0.29, 0.717) is 29.0 Å². The summed E-state index contributed by atoms with van der Waals surface area (Å²) in [7, 11) is 0. The fraction of sp³-hybridized carbons (Fsp3) is 0.364. The van der Waals surface area contributed by atoms with E-state index in [1.165, 1.54) is 11.0 Å². The van der Waals surface area contributed by atoms with Crippen LogP contribution in [0.2, 0.25) is 0 Å². The lowest BCUT2D eigenvalue weighted by atomic mass is 10.1. The van der Waals surface area contributed by atoms with E-state index in [-0.39, 0.29) is 11.8 Å². The van der Waals surface area contributed by atoms with Gasteiger partial charge in [0.1, 0.15) is 5.82 Å². The third-order valence-electron chi connectivity index (χ3n) is 2.63. The Morgan fingerprint density at radius 2 is 2.31 bits per heavy atom. The predicted molar refractivity (Wildman–Crippen MR) is 65.3 cm³/mol. The Morgan fingerprint density at radius 1 is 1.56 bits per heavy atom. The van der Waals surface area contributed by atoms with Gasteiger partial charge in [-0.3, -0.25) is 4.79 Å². The van der Waals surface area contributed by atoms with Crippen LogP contribution in [0.15, 0.2) is 22.7 Å². The van der Waals surface area contributed by atoms with Gasteiger partial charge in [0.05, 0.1) is 5.69 Å². The van der Waals surface area contributed by atoms with E-state index in [4.69, 9.17) is 11.6 Å². The number of nitrogens with zero attached hydrogens (tertiary/aromatic N) is 1. The topological polar surface area (TPSA) is 20.3 Å². The Morgan fingerprint density at radius 3 is 2.88 bits per heavy atom. The summed E-state index contributed by atoms with van der Waals surface area (Å²) in [5, 5.41) is 0. The lowest BCUT2D eigenvalue weighted by Crippen LogP contribution is -2.26. The van der Waals surface area contributed by atoms with Crippen LogP contribution in [-0.4, -0.2) is 18.3 Å². The summed E-state index contributed by atoms with van der Waals surface area (Å²) in [6.45, 7) is 0.488. The SMILES string of the molecule is O=C1CC(CCl)CN1c1c(F)cccc1Br. The van der Waals surface area contributed by atoms with Crippen LogP contribution in [0.1, 0.15) is 6.42 Å². The number of rotatable bonds is 2. The van der Waals surface area contributed by atoms with E-state index >= 15 is 0 Å². The fourth-order valence-electron chi connectivity index (χ4n) is 1.85. The highest BCUT2D eigenvalue weighted by molar-refractivity contribution is 9.10. The van der Waals surface area contributed by atoms with Crippen molar-refractivity contribution in [2.24, 2.45) is 5.92 Å². The summed E-state index contributed by atoms with van der Waals surface area (Å²) in [6.07, 6.45) is 0.393. The number of halogens is 3. The van der Waals surface area contributed by atoms with Crippen LogP contribution in [0.25, 0.3) is 0 Å². The molecule has 0 saturated carbocycles. The number of carbonyl (C=O) groups excluding carboxylic acids is 1. The van der Waals surface area contributed by atoms with Gasteiger partial charge in [-0.1, -0.05) is 6.07 Å². The van der Waals surface area contributed by atoms with Crippen LogP contribution in [0.4, 0.5) is 10.1 Å². The maximum Gasteiger partial charge on any atom is 0.227 e. The Labute approximate surface area is 107 Å². The molecule has 0 N–H and O–H groups in total.